The number of hydrogen-bond donors (Lipinski definition) is 0. The highest BCUT2D eigenvalue weighted by atomic mass is 16.3. The van der Waals surface area contributed by atoms with Gasteiger partial charge in [0.25, 0.3) is 0 Å². The van der Waals surface area contributed by atoms with Gasteiger partial charge in [-0.05, 0) is 43.3 Å². The van der Waals surface area contributed by atoms with Gasteiger partial charge >= 0.3 is 0 Å². The Bertz CT molecular complexity index is 1490. The standard InChI is InChI=1S/C24H16N2O/c1-15-11-12-21-19(14-15)16-6-2-3-9-20(16)26(21)22-10-4-7-17-18-8-5-13-25-24(18)27-23(17)22/h2-14H,1H3. The Hall–Kier alpha value is -3.59. The van der Waals surface area contributed by atoms with Gasteiger partial charge in [-0.15, -0.1) is 0 Å². The Morgan fingerprint density at radius 3 is 2.52 bits per heavy atom. The molecule has 6 aromatic rings. The van der Waals surface area contributed by atoms with Gasteiger partial charge in [-0.25, -0.2) is 4.98 Å². The van der Waals surface area contributed by atoms with Crippen LogP contribution in [-0.4, -0.2) is 9.55 Å². The SMILES string of the molecule is Cc1ccc2c(c1)c1ccccc1n2-c1cccc2c1oc1ncccc12. The zero-order chi connectivity index (χ0) is 18.0. The van der Waals surface area contributed by atoms with Crippen LogP contribution < -0.4 is 0 Å². The molecule has 0 saturated heterocycles. The first kappa shape index (κ1) is 14.6. The van der Waals surface area contributed by atoms with Gasteiger partial charge in [-0.2, -0.15) is 0 Å². The molecule has 6 rings (SSSR count). The van der Waals surface area contributed by atoms with E-state index >= 15 is 0 Å². The third-order valence-electron chi connectivity index (χ3n) is 5.32. The summed E-state index contributed by atoms with van der Waals surface area (Å²) in [5, 5.41) is 4.65. The Balaban J connectivity index is 1.83. The summed E-state index contributed by atoms with van der Waals surface area (Å²) in [6.07, 6.45) is 1.77. The van der Waals surface area contributed by atoms with Crippen LogP contribution in [0, 0.1) is 6.92 Å². The molecular weight excluding hydrogens is 332 g/mol. The summed E-state index contributed by atoms with van der Waals surface area (Å²) in [6, 6.07) is 25.5. The van der Waals surface area contributed by atoms with Crippen LogP contribution in [0.5, 0.6) is 0 Å². The highest BCUT2D eigenvalue weighted by molar-refractivity contribution is 6.12. The molecule has 0 unspecified atom stereocenters. The van der Waals surface area contributed by atoms with Crippen molar-refractivity contribution in [1.29, 1.82) is 0 Å². The Kier molecular flexibility index (Phi) is 2.81. The largest absolute Gasteiger partial charge is 0.435 e. The van der Waals surface area contributed by atoms with Crippen molar-refractivity contribution in [3.8, 4) is 5.69 Å². The molecule has 0 fully saturated rings. The van der Waals surface area contributed by atoms with Crippen LogP contribution >= 0.6 is 0 Å². The van der Waals surface area contributed by atoms with Crippen LogP contribution in [0.4, 0.5) is 0 Å². The first-order chi connectivity index (χ1) is 13.3. The molecule has 0 amide bonds. The third kappa shape index (κ3) is 1.94. The van der Waals surface area contributed by atoms with E-state index < -0.39 is 0 Å². The summed E-state index contributed by atoms with van der Waals surface area (Å²) in [6.45, 7) is 2.14. The molecule has 3 nitrogen and oxygen atoms in total. The lowest BCUT2D eigenvalue weighted by molar-refractivity contribution is 0.652. The van der Waals surface area contributed by atoms with E-state index in [0.717, 1.165) is 22.0 Å². The number of aromatic nitrogens is 2. The molecule has 3 aromatic heterocycles. The van der Waals surface area contributed by atoms with E-state index in [2.05, 4.69) is 83.2 Å². The summed E-state index contributed by atoms with van der Waals surface area (Å²) in [4.78, 5) is 4.40. The smallest absolute Gasteiger partial charge is 0.227 e. The van der Waals surface area contributed by atoms with Crippen molar-refractivity contribution in [2.75, 3.05) is 0 Å². The fourth-order valence-electron chi connectivity index (χ4n) is 4.14. The highest BCUT2D eigenvalue weighted by Crippen LogP contribution is 2.37. The number of furan rings is 1. The number of fused-ring (bicyclic) bond motifs is 6. The number of rotatable bonds is 1. The fraction of sp³-hybridized carbons (Fsp3) is 0.0417. The first-order valence-electron chi connectivity index (χ1n) is 9.08. The van der Waals surface area contributed by atoms with Gasteiger partial charge in [0.05, 0.1) is 16.7 Å². The molecule has 0 radical (unpaired) electrons. The molecule has 0 atom stereocenters. The van der Waals surface area contributed by atoms with Crippen molar-refractivity contribution >= 4 is 43.9 Å². The van der Waals surface area contributed by atoms with Crippen molar-refractivity contribution in [1.82, 2.24) is 9.55 Å². The van der Waals surface area contributed by atoms with E-state index in [0.29, 0.717) is 5.71 Å². The molecule has 0 saturated carbocycles. The number of aryl methyl sites for hydroxylation is 1. The van der Waals surface area contributed by atoms with Gasteiger partial charge in [0.1, 0.15) is 0 Å². The van der Waals surface area contributed by atoms with Crippen LogP contribution in [-0.2, 0) is 0 Å². The van der Waals surface area contributed by atoms with Crippen LogP contribution in [0.15, 0.2) is 83.4 Å². The summed E-state index contributed by atoms with van der Waals surface area (Å²) < 4.78 is 8.50. The second-order valence-corrected chi connectivity index (χ2v) is 6.99. The molecule has 0 bridgehead atoms. The maximum atomic E-state index is 6.20. The van der Waals surface area contributed by atoms with Gasteiger partial charge in [-0.3, -0.25) is 0 Å². The molecular formula is C24H16N2O. The number of hydrogen-bond acceptors (Lipinski definition) is 2. The van der Waals surface area contributed by atoms with Gasteiger partial charge < -0.3 is 8.98 Å². The molecule has 128 valence electrons. The predicted molar refractivity (Wildman–Crippen MR) is 111 cm³/mol. The average Bonchev–Trinajstić information content (AvgIpc) is 3.24. The highest BCUT2D eigenvalue weighted by Gasteiger charge is 2.17. The van der Waals surface area contributed by atoms with Gasteiger partial charge in [0.15, 0.2) is 5.58 Å². The third-order valence-corrected chi connectivity index (χ3v) is 5.32. The Morgan fingerprint density at radius 2 is 1.56 bits per heavy atom. The van der Waals surface area contributed by atoms with E-state index in [1.54, 1.807) is 6.20 Å². The number of nitrogens with zero attached hydrogens (tertiary/aromatic N) is 2. The zero-order valence-corrected chi connectivity index (χ0v) is 14.8. The van der Waals surface area contributed by atoms with Crippen molar-refractivity contribution in [2.24, 2.45) is 0 Å². The summed E-state index contributed by atoms with van der Waals surface area (Å²) in [7, 11) is 0. The maximum absolute atomic E-state index is 6.20. The fourth-order valence-corrected chi connectivity index (χ4v) is 4.14. The monoisotopic (exact) mass is 348 g/mol. The summed E-state index contributed by atoms with van der Waals surface area (Å²) >= 11 is 0. The molecule has 3 heterocycles. The molecule has 0 aliphatic heterocycles. The normalized spacial score (nSPS) is 11.9. The van der Waals surface area contributed by atoms with E-state index in [9.17, 15) is 0 Å². The van der Waals surface area contributed by atoms with E-state index in [-0.39, 0.29) is 0 Å². The van der Waals surface area contributed by atoms with Gasteiger partial charge in [0.2, 0.25) is 5.71 Å². The lowest BCUT2D eigenvalue weighted by Crippen LogP contribution is -1.94. The van der Waals surface area contributed by atoms with Crippen molar-refractivity contribution in [2.45, 2.75) is 6.92 Å². The zero-order valence-electron chi connectivity index (χ0n) is 14.8. The maximum Gasteiger partial charge on any atom is 0.227 e. The quantitative estimate of drug-likeness (QED) is 0.345. The number of para-hydroxylation sites is 2. The van der Waals surface area contributed by atoms with E-state index in [4.69, 9.17) is 4.42 Å². The van der Waals surface area contributed by atoms with E-state index in [1.165, 1.54) is 27.4 Å². The number of benzene rings is 3. The average molecular weight is 348 g/mol. The van der Waals surface area contributed by atoms with Gasteiger partial charge in [-0.1, -0.05) is 42.0 Å². The minimum Gasteiger partial charge on any atom is -0.435 e. The van der Waals surface area contributed by atoms with Crippen molar-refractivity contribution < 1.29 is 4.42 Å². The molecule has 3 heteroatoms. The molecule has 0 spiro atoms. The summed E-state index contributed by atoms with van der Waals surface area (Å²) in [5.41, 5.74) is 6.21. The minimum absolute atomic E-state index is 0.677. The van der Waals surface area contributed by atoms with E-state index in [1.807, 2.05) is 6.07 Å². The van der Waals surface area contributed by atoms with Crippen molar-refractivity contribution in [3.63, 3.8) is 0 Å². The van der Waals surface area contributed by atoms with Crippen LogP contribution in [0.2, 0.25) is 0 Å². The topological polar surface area (TPSA) is 31.0 Å². The second-order valence-electron chi connectivity index (χ2n) is 6.99. The lowest BCUT2D eigenvalue weighted by Gasteiger charge is -2.08. The lowest BCUT2D eigenvalue weighted by atomic mass is 10.1. The van der Waals surface area contributed by atoms with Gasteiger partial charge in [0, 0.05) is 27.7 Å². The first-order valence-corrected chi connectivity index (χ1v) is 9.08. The summed E-state index contributed by atoms with van der Waals surface area (Å²) in [5.74, 6) is 0. The Labute approximate surface area is 155 Å². The van der Waals surface area contributed by atoms with Crippen LogP contribution in [0.25, 0.3) is 49.6 Å². The second kappa shape index (κ2) is 5.21. The molecule has 0 aliphatic rings. The van der Waals surface area contributed by atoms with Crippen LogP contribution in [0.1, 0.15) is 5.56 Å². The minimum atomic E-state index is 0.677. The van der Waals surface area contributed by atoms with Crippen molar-refractivity contribution in [3.05, 3.63) is 84.6 Å². The molecule has 27 heavy (non-hydrogen) atoms. The van der Waals surface area contributed by atoms with Crippen LogP contribution in [0.3, 0.4) is 0 Å². The molecule has 0 N–H and O–H groups in total. The Morgan fingerprint density at radius 1 is 0.741 bits per heavy atom. The predicted octanol–water partition coefficient (Wildman–Crippen LogP) is 6.39. The molecule has 3 aromatic carbocycles. The number of pyridine rings is 1. The molecule has 0 aliphatic carbocycles.